The van der Waals surface area contributed by atoms with E-state index in [1.807, 2.05) is 43.3 Å². The van der Waals surface area contributed by atoms with Crippen molar-refractivity contribution in [3.05, 3.63) is 103 Å². The zero-order valence-corrected chi connectivity index (χ0v) is 22.8. The predicted octanol–water partition coefficient (Wildman–Crippen LogP) is 4.24. The SMILES string of the molecule is Cc1ccc(S(=O)(=O)C2C=CCN[C@H]2CO[Si](c2ccccc2)(c2ccccc2)C(C)(C)C)cc1. The minimum absolute atomic E-state index is 0.175. The average molecular weight is 506 g/mol. The second-order valence-electron chi connectivity index (χ2n) is 10.2. The van der Waals surface area contributed by atoms with E-state index >= 15 is 0 Å². The maximum absolute atomic E-state index is 13.6. The van der Waals surface area contributed by atoms with Gasteiger partial charge >= 0.3 is 0 Å². The lowest BCUT2D eigenvalue weighted by Gasteiger charge is -2.44. The van der Waals surface area contributed by atoms with Crippen molar-refractivity contribution in [3.63, 3.8) is 0 Å². The van der Waals surface area contributed by atoms with Crippen LogP contribution in [-0.4, -0.2) is 41.2 Å². The highest BCUT2D eigenvalue weighted by molar-refractivity contribution is 7.92. The monoisotopic (exact) mass is 505 g/mol. The van der Waals surface area contributed by atoms with E-state index in [0.29, 0.717) is 18.0 Å². The molecule has 2 atom stereocenters. The summed E-state index contributed by atoms with van der Waals surface area (Å²) in [5, 5.41) is 4.91. The van der Waals surface area contributed by atoms with Crippen molar-refractivity contribution >= 4 is 28.5 Å². The van der Waals surface area contributed by atoms with Gasteiger partial charge in [0, 0.05) is 6.54 Å². The van der Waals surface area contributed by atoms with Crippen LogP contribution in [0.3, 0.4) is 0 Å². The van der Waals surface area contributed by atoms with E-state index in [1.54, 1.807) is 12.1 Å². The van der Waals surface area contributed by atoms with Crippen LogP contribution in [-0.2, 0) is 14.3 Å². The molecule has 0 fully saturated rings. The Bertz CT molecular complexity index is 1210. The summed E-state index contributed by atoms with van der Waals surface area (Å²) in [4.78, 5) is 0.344. The van der Waals surface area contributed by atoms with Crippen molar-refractivity contribution in [1.82, 2.24) is 5.32 Å². The number of benzene rings is 3. The molecule has 184 valence electrons. The number of rotatable bonds is 7. The Morgan fingerprint density at radius 2 is 1.43 bits per heavy atom. The molecule has 0 aromatic heterocycles. The third-order valence-corrected chi connectivity index (χ3v) is 14.0. The van der Waals surface area contributed by atoms with Gasteiger partial charge in [-0.05, 0) is 34.5 Å². The Morgan fingerprint density at radius 1 is 0.886 bits per heavy atom. The lowest BCUT2D eigenvalue weighted by Crippen LogP contribution is -2.68. The summed E-state index contributed by atoms with van der Waals surface area (Å²) in [5.74, 6) is 0. The molecule has 35 heavy (non-hydrogen) atoms. The molecule has 1 aliphatic rings. The van der Waals surface area contributed by atoms with Crippen LogP contribution < -0.4 is 15.7 Å². The molecule has 0 radical (unpaired) electrons. The standard InChI is InChI=1S/C29H35NO3SSi/c1-23-17-19-24(20-18-23)34(31,32)28-16-11-21-30-27(28)22-33-35(29(2,3)4,25-12-7-5-8-13-25)26-14-9-6-10-15-26/h5-20,27-28,30H,21-22H2,1-4H3/t27-,28?/m0/s1. The molecule has 1 aliphatic heterocycles. The first kappa shape index (κ1) is 25.6. The van der Waals surface area contributed by atoms with Crippen LogP contribution in [0.4, 0.5) is 0 Å². The Hall–Kier alpha value is -2.51. The van der Waals surface area contributed by atoms with E-state index in [9.17, 15) is 8.42 Å². The number of nitrogens with one attached hydrogen (secondary N) is 1. The average Bonchev–Trinajstić information content (AvgIpc) is 2.85. The molecule has 4 nitrogen and oxygen atoms in total. The summed E-state index contributed by atoms with van der Waals surface area (Å²) in [6, 6.07) is 27.6. The van der Waals surface area contributed by atoms with Gasteiger partial charge in [-0.3, -0.25) is 0 Å². The summed E-state index contributed by atoms with van der Waals surface area (Å²) in [6.45, 7) is 9.57. The van der Waals surface area contributed by atoms with Gasteiger partial charge in [0.1, 0.15) is 5.25 Å². The van der Waals surface area contributed by atoms with E-state index in [1.165, 1.54) is 10.4 Å². The molecule has 4 rings (SSSR count). The van der Waals surface area contributed by atoms with E-state index in [-0.39, 0.29) is 11.1 Å². The van der Waals surface area contributed by atoms with Crippen molar-refractivity contribution in [1.29, 1.82) is 0 Å². The molecule has 3 aromatic carbocycles. The van der Waals surface area contributed by atoms with Gasteiger partial charge in [-0.25, -0.2) is 8.42 Å². The van der Waals surface area contributed by atoms with Gasteiger partial charge < -0.3 is 9.74 Å². The zero-order chi connectivity index (χ0) is 25.1. The molecule has 0 bridgehead atoms. The van der Waals surface area contributed by atoms with Crippen LogP contribution in [0, 0.1) is 6.92 Å². The second kappa shape index (κ2) is 10.2. The van der Waals surface area contributed by atoms with Crippen LogP contribution in [0.2, 0.25) is 5.04 Å². The van der Waals surface area contributed by atoms with Gasteiger partial charge in [-0.1, -0.05) is 111 Å². The normalized spacial score (nSPS) is 19.0. The van der Waals surface area contributed by atoms with Gasteiger partial charge in [0.15, 0.2) is 9.84 Å². The molecule has 0 saturated heterocycles. The topological polar surface area (TPSA) is 55.4 Å². The number of sulfone groups is 1. The molecule has 1 heterocycles. The quantitative estimate of drug-likeness (QED) is 0.385. The van der Waals surface area contributed by atoms with Gasteiger partial charge in [-0.15, -0.1) is 0 Å². The maximum Gasteiger partial charge on any atom is 0.261 e. The molecule has 1 N–H and O–H groups in total. The summed E-state index contributed by atoms with van der Waals surface area (Å²) >= 11 is 0. The molecule has 0 amide bonds. The summed E-state index contributed by atoms with van der Waals surface area (Å²) < 4.78 is 34.3. The van der Waals surface area contributed by atoms with E-state index in [4.69, 9.17) is 4.43 Å². The van der Waals surface area contributed by atoms with Crippen LogP contribution in [0.15, 0.2) is 102 Å². The van der Waals surface area contributed by atoms with Crippen molar-refractivity contribution < 1.29 is 12.8 Å². The van der Waals surface area contributed by atoms with Crippen molar-refractivity contribution in [3.8, 4) is 0 Å². The molecular formula is C29H35NO3SSi. The third kappa shape index (κ3) is 5.07. The summed E-state index contributed by atoms with van der Waals surface area (Å²) in [6.07, 6.45) is 3.72. The Morgan fingerprint density at radius 3 is 1.94 bits per heavy atom. The minimum atomic E-state index is -3.57. The highest BCUT2D eigenvalue weighted by atomic mass is 32.2. The minimum Gasteiger partial charge on any atom is -0.406 e. The van der Waals surface area contributed by atoms with Crippen molar-refractivity contribution in [2.24, 2.45) is 0 Å². The molecule has 1 unspecified atom stereocenters. The fourth-order valence-corrected chi connectivity index (χ4v) is 11.3. The smallest absolute Gasteiger partial charge is 0.261 e. The van der Waals surface area contributed by atoms with E-state index in [0.717, 1.165) is 5.56 Å². The first-order chi connectivity index (χ1) is 16.7. The van der Waals surface area contributed by atoms with Crippen LogP contribution in [0.5, 0.6) is 0 Å². The van der Waals surface area contributed by atoms with Crippen LogP contribution >= 0.6 is 0 Å². The first-order valence-corrected chi connectivity index (χ1v) is 15.6. The Kier molecular flexibility index (Phi) is 7.48. The summed E-state index contributed by atoms with van der Waals surface area (Å²) in [5.41, 5.74) is 1.04. The van der Waals surface area contributed by atoms with Gasteiger partial charge in [0.2, 0.25) is 0 Å². The third-order valence-electron chi connectivity index (χ3n) is 6.82. The van der Waals surface area contributed by atoms with Gasteiger partial charge in [0.25, 0.3) is 8.32 Å². The maximum atomic E-state index is 13.6. The predicted molar refractivity (Wildman–Crippen MR) is 147 cm³/mol. The largest absolute Gasteiger partial charge is 0.406 e. The van der Waals surface area contributed by atoms with E-state index in [2.05, 4.69) is 74.6 Å². The van der Waals surface area contributed by atoms with Crippen LogP contribution in [0.1, 0.15) is 26.3 Å². The highest BCUT2D eigenvalue weighted by Gasteiger charge is 2.51. The van der Waals surface area contributed by atoms with Gasteiger partial charge in [-0.2, -0.15) is 0 Å². The fraction of sp³-hybridized carbons (Fsp3) is 0.310. The fourth-order valence-electron chi connectivity index (χ4n) is 5.01. The number of aryl methyl sites for hydroxylation is 1. The van der Waals surface area contributed by atoms with Crippen molar-refractivity contribution in [2.45, 2.75) is 48.9 Å². The molecule has 6 heteroatoms. The first-order valence-electron chi connectivity index (χ1n) is 12.1. The summed E-state index contributed by atoms with van der Waals surface area (Å²) in [7, 11) is -6.34. The molecule has 0 aliphatic carbocycles. The molecule has 3 aromatic rings. The van der Waals surface area contributed by atoms with Crippen molar-refractivity contribution in [2.75, 3.05) is 13.2 Å². The Balaban J connectivity index is 1.73. The lowest BCUT2D eigenvalue weighted by atomic mass is 10.1. The number of hydrogen-bond acceptors (Lipinski definition) is 4. The Labute approximate surface area is 211 Å². The molecule has 0 spiro atoms. The van der Waals surface area contributed by atoms with E-state index < -0.39 is 23.4 Å². The zero-order valence-electron chi connectivity index (χ0n) is 20.9. The lowest BCUT2D eigenvalue weighted by molar-refractivity contribution is 0.251. The molecular weight excluding hydrogens is 470 g/mol. The van der Waals surface area contributed by atoms with Crippen LogP contribution in [0.25, 0.3) is 0 Å². The highest BCUT2D eigenvalue weighted by Crippen LogP contribution is 2.37. The van der Waals surface area contributed by atoms with Gasteiger partial charge in [0.05, 0.1) is 17.5 Å². The molecule has 0 saturated carbocycles. The second-order valence-corrected chi connectivity index (χ2v) is 16.7. The number of hydrogen-bond donors (Lipinski definition) is 1.